The molecule has 18 heavy (non-hydrogen) atoms. The summed E-state index contributed by atoms with van der Waals surface area (Å²) in [6, 6.07) is -0.179. The van der Waals surface area contributed by atoms with E-state index in [1.807, 2.05) is 6.92 Å². The zero-order valence-corrected chi connectivity index (χ0v) is 10.6. The minimum absolute atomic E-state index is 0.179. The van der Waals surface area contributed by atoms with Crippen LogP contribution in [0.25, 0.3) is 0 Å². The lowest BCUT2D eigenvalue weighted by atomic mass is 10.1. The highest BCUT2D eigenvalue weighted by Crippen LogP contribution is 2.58. The summed E-state index contributed by atoms with van der Waals surface area (Å²) in [5, 5.41) is 18.3. The van der Waals surface area contributed by atoms with Crippen LogP contribution in [0.15, 0.2) is 12.4 Å². The molecule has 1 fully saturated rings. The first kappa shape index (κ1) is 12.6. The largest absolute Gasteiger partial charge is 0.481 e. The highest BCUT2D eigenvalue weighted by atomic mass is 16.4. The molecule has 98 valence electrons. The maximum Gasteiger partial charge on any atom is 0.307 e. The Labute approximate surface area is 105 Å². The van der Waals surface area contributed by atoms with E-state index >= 15 is 0 Å². The molecule has 3 atom stereocenters. The summed E-state index contributed by atoms with van der Waals surface area (Å²) in [4.78, 5) is 23.0. The van der Waals surface area contributed by atoms with Gasteiger partial charge in [0, 0.05) is 11.8 Å². The van der Waals surface area contributed by atoms with Crippen LogP contribution >= 0.6 is 0 Å². The van der Waals surface area contributed by atoms with Gasteiger partial charge in [-0.25, -0.2) is 0 Å². The van der Waals surface area contributed by atoms with E-state index in [-0.39, 0.29) is 11.9 Å². The number of carbonyl (C=O) groups excluding carboxylic acids is 1. The van der Waals surface area contributed by atoms with Crippen molar-refractivity contribution >= 4 is 11.9 Å². The van der Waals surface area contributed by atoms with E-state index in [1.165, 1.54) is 0 Å². The van der Waals surface area contributed by atoms with E-state index in [9.17, 15) is 9.59 Å². The molecule has 1 aromatic heterocycles. The topological polar surface area (TPSA) is 95.1 Å². The quantitative estimate of drug-likeness (QED) is 0.742. The number of rotatable bonds is 4. The second kappa shape index (κ2) is 4.12. The summed E-state index contributed by atoms with van der Waals surface area (Å²) in [7, 11) is 0. The molecule has 6 heteroatoms. The van der Waals surface area contributed by atoms with Gasteiger partial charge in [0.05, 0.1) is 24.1 Å². The van der Waals surface area contributed by atoms with Crippen LogP contribution < -0.4 is 5.32 Å². The third-order valence-electron chi connectivity index (χ3n) is 3.75. The highest BCUT2D eigenvalue weighted by molar-refractivity contribution is 5.91. The average Bonchev–Trinajstić information content (AvgIpc) is 2.67. The van der Waals surface area contributed by atoms with Gasteiger partial charge in [-0.3, -0.25) is 14.7 Å². The van der Waals surface area contributed by atoms with E-state index in [4.69, 9.17) is 5.11 Å². The molecule has 1 aromatic rings. The molecule has 1 unspecified atom stereocenters. The standard InChI is InChI=1S/C12H17N3O3/c1-6(7-4-13-14-5-7)15-10(16)8-9(11(17)18)12(8,2)3/h4-6,8-9H,1-3H3,(H,13,14)(H,15,16)(H,17,18)/t6?,8-,9+/m1/s1. The molecule has 0 aliphatic heterocycles. The van der Waals surface area contributed by atoms with Crippen molar-refractivity contribution in [3.63, 3.8) is 0 Å². The summed E-state index contributed by atoms with van der Waals surface area (Å²) in [5.74, 6) is -2.16. The Morgan fingerprint density at radius 2 is 2.17 bits per heavy atom. The highest BCUT2D eigenvalue weighted by Gasteiger charge is 2.65. The summed E-state index contributed by atoms with van der Waals surface area (Å²) in [6.45, 7) is 5.45. The third kappa shape index (κ3) is 1.98. The number of aliphatic carboxylic acids is 1. The molecule has 1 heterocycles. The summed E-state index contributed by atoms with van der Waals surface area (Å²) < 4.78 is 0. The van der Waals surface area contributed by atoms with Crippen molar-refractivity contribution in [2.75, 3.05) is 0 Å². The van der Waals surface area contributed by atoms with Gasteiger partial charge in [-0.1, -0.05) is 13.8 Å². The molecule has 6 nitrogen and oxygen atoms in total. The zero-order chi connectivity index (χ0) is 13.5. The maximum absolute atomic E-state index is 12.0. The maximum atomic E-state index is 12.0. The molecule has 0 radical (unpaired) electrons. The molecule has 0 spiro atoms. The summed E-state index contributed by atoms with van der Waals surface area (Å²) in [6.07, 6.45) is 3.34. The van der Waals surface area contributed by atoms with Crippen LogP contribution in [0, 0.1) is 17.3 Å². The molecule has 3 N–H and O–H groups in total. The van der Waals surface area contributed by atoms with Crippen LogP contribution in [-0.2, 0) is 9.59 Å². The molecule has 0 bridgehead atoms. The minimum atomic E-state index is -0.906. The SMILES string of the molecule is CC(NC(=O)[C@H]1[C@@H](C(=O)O)C1(C)C)c1cn[nH]c1. The van der Waals surface area contributed by atoms with Gasteiger partial charge in [0.25, 0.3) is 0 Å². The van der Waals surface area contributed by atoms with E-state index in [0.717, 1.165) is 5.56 Å². The molecule has 1 aliphatic rings. The van der Waals surface area contributed by atoms with Crippen molar-refractivity contribution < 1.29 is 14.7 Å². The van der Waals surface area contributed by atoms with E-state index in [2.05, 4.69) is 15.5 Å². The number of amides is 1. The van der Waals surface area contributed by atoms with Gasteiger partial charge in [0.15, 0.2) is 0 Å². The van der Waals surface area contributed by atoms with Gasteiger partial charge < -0.3 is 10.4 Å². The van der Waals surface area contributed by atoms with Crippen molar-refractivity contribution in [3.05, 3.63) is 18.0 Å². The number of carboxylic acid groups (broad SMARTS) is 1. The number of carbonyl (C=O) groups is 2. The number of carboxylic acids is 1. The Hall–Kier alpha value is -1.85. The summed E-state index contributed by atoms with van der Waals surface area (Å²) in [5.41, 5.74) is 0.403. The molecule has 1 amide bonds. The number of nitrogens with zero attached hydrogens (tertiary/aromatic N) is 1. The Kier molecular flexibility index (Phi) is 2.88. The van der Waals surface area contributed by atoms with Gasteiger partial charge in [-0.05, 0) is 12.3 Å². The third-order valence-corrected chi connectivity index (χ3v) is 3.75. The Morgan fingerprint density at radius 1 is 1.50 bits per heavy atom. The molecule has 1 saturated carbocycles. The van der Waals surface area contributed by atoms with Crippen LogP contribution in [0.5, 0.6) is 0 Å². The first-order valence-electron chi connectivity index (χ1n) is 5.87. The Balaban J connectivity index is 2.00. The van der Waals surface area contributed by atoms with Crippen molar-refractivity contribution in [2.45, 2.75) is 26.8 Å². The Morgan fingerprint density at radius 3 is 2.61 bits per heavy atom. The van der Waals surface area contributed by atoms with E-state index < -0.39 is 23.2 Å². The fourth-order valence-corrected chi connectivity index (χ4v) is 2.47. The van der Waals surface area contributed by atoms with Gasteiger partial charge in [-0.2, -0.15) is 5.10 Å². The van der Waals surface area contributed by atoms with Gasteiger partial charge >= 0.3 is 5.97 Å². The molecule has 0 saturated heterocycles. The van der Waals surface area contributed by atoms with Crippen LogP contribution in [0.4, 0.5) is 0 Å². The second-order valence-corrected chi connectivity index (χ2v) is 5.38. The predicted octanol–water partition coefficient (Wildman–Crippen LogP) is 0.944. The van der Waals surface area contributed by atoms with E-state index in [0.29, 0.717) is 0 Å². The number of hydrogen-bond acceptors (Lipinski definition) is 3. The number of nitrogens with one attached hydrogen (secondary N) is 2. The predicted molar refractivity (Wildman–Crippen MR) is 63.5 cm³/mol. The monoisotopic (exact) mass is 251 g/mol. The van der Waals surface area contributed by atoms with Crippen molar-refractivity contribution in [1.29, 1.82) is 0 Å². The molecular formula is C12H17N3O3. The number of aromatic nitrogens is 2. The minimum Gasteiger partial charge on any atom is -0.481 e. The molecular weight excluding hydrogens is 234 g/mol. The van der Waals surface area contributed by atoms with Crippen molar-refractivity contribution in [2.24, 2.45) is 17.3 Å². The van der Waals surface area contributed by atoms with Crippen LogP contribution in [0.2, 0.25) is 0 Å². The zero-order valence-electron chi connectivity index (χ0n) is 10.6. The van der Waals surface area contributed by atoms with Gasteiger partial charge in [0.2, 0.25) is 5.91 Å². The van der Waals surface area contributed by atoms with Gasteiger partial charge in [-0.15, -0.1) is 0 Å². The number of hydrogen-bond donors (Lipinski definition) is 3. The number of H-pyrrole nitrogens is 1. The normalized spacial score (nSPS) is 26.4. The smallest absolute Gasteiger partial charge is 0.307 e. The second-order valence-electron chi connectivity index (χ2n) is 5.38. The van der Waals surface area contributed by atoms with Crippen LogP contribution in [0.1, 0.15) is 32.4 Å². The molecule has 0 aromatic carbocycles. The fraction of sp³-hybridized carbons (Fsp3) is 0.583. The van der Waals surface area contributed by atoms with Crippen molar-refractivity contribution in [3.8, 4) is 0 Å². The van der Waals surface area contributed by atoms with Gasteiger partial charge in [0.1, 0.15) is 0 Å². The molecule has 1 aliphatic carbocycles. The Bertz CT molecular complexity index is 467. The van der Waals surface area contributed by atoms with Crippen molar-refractivity contribution in [1.82, 2.24) is 15.5 Å². The lowest BCUT2D eigenvalue weighted by molar-refractivity contribution is -0.140. The van der Waals surface area contributed by atoms with E-state index in [1.54, 1.807) is 26.2 Å². The van der Waals surface area contributed by atoms with Crippen LogP contribution in [0.3, 0.4) is 0 Å². The average molecular weight is 251 g/mol. The lowest BCUT2D eigenvalue weighted by Gasteiger charge is -2.12. The summed E-state index contributed by atoms with van der Waals surface area (Å²) >= 11 is 0. The lowest BCUT2D eigenvalue weighted by Crippen LogP contribution is -2.29. The number of aromatic amines is 1. The van der Waals surface area contributed by atoms with Crippen LogP contribution in [-0.4, -0.2) is 27.2 Å². The first-order valence-corrected chi connectivity index (χ1v) is 5.87. The fourth-order valence-electron chi connectivity index (χ4n) is 2.47. The first-order chi connectivity index (χ1) is 8.35. The molecule has 2 rings (SSSR count).